The van der Waals surface area contributed by atoms with Crippen LogP contribution in [0.5, 0.6) is 11.5 Å². The molecule has 2 aromatic carbocycles. The number of halogens is 3. The number of hydrogen-bond acceptors (Lipinski definition) is 4. The number of ether oxygens (including phenoxy) is 2. The number of benzene rings is 2. The first-order valence-electron chi connectivity index (χ1n) is 6.37. The third kappa shape index (κ3) is 4.29. The predicted octanol–water partition coefficient (Wildman–Crippen LogP) is 4.68. The smallest absolute Gasteiger partial charge is 0.315 e. The normalized spacial score (nSPS) is 10.0. The zero-order chi connectivity index (χ0) is 17.0. The molecule has 0 N–H and O–H groups in total. The molecule has 0 radical (unpaired) electrons. The summed E-state index contributed by atoms with van der Waals surface area (Å²) in [6.07, 6.45) is -0.0175. The highest BCUT2D eigenvalue weighted by Gasteiger charge is 2.16. The highest BCUT2D eigenvalue weighted by Crippen LogP contribution is 2.36. The lowest BCUT2D eigenvalue weighted by atomic mass is 10.1. The Labute approximate surface area is 148 Å². The minimum atomic E-state index is -0.548. The van der Waals surface area contributed by atoms with Crippen LogP contribution in [-0.2, 0) is 11.2 Å². The van der Waals surface area contributed by atoms with Crippen molar-refractivity contribution in [3.63, 3.8) is 0 Å². The molecule has 0 fully saturated rings. The largest absolute Gasteiger partial charge is 0.493 e. The van der Waals surface area contributed by atoms with Gasteiger partial charge in [0.1, 0.15) is 0 Å². The maximum absolute atomic E-state index is 12.1. The van der Waals surface area contributed by atoms with Crippen LogP contribution in [0.1, 0.15) is 11.1 Å². The molecule has 0 unspecified atom stereocenters. The van der Waals surface area contributed by atoms with Gasteiger partial charge in [-0.25, -0.2) is 0 Å². The van der Waals surface area contributed by atoms with Crippen LogP contribution in [0.25, 0.3) is 0 Å². The van der Waals surface area contributed by atoms with E-state index in [4.69, 9.17) is 49.5 Å². The molecule has 0 aliphatic heterocycles. The Morgan fingerprint density at radius 1 is 1.13 bits per heavy atom. The van der Waals surface area contributed by atoms with Crippen molar-refractivity contribution in [2.45, 2.75) is 6.42 Å². The minimum Gasteiger partial charge on any atom is -0.493 e. The fourth-order valence-corrected chi connectivity index (χ4v) is 2.42. The molecule has 7 heteroatoms. The summed E-state index contributed by atoms with van der Waals surface area (Å²) >= 11 is 17.8. The summed E-state index contributed by atoms with van der Waals surface area (Å²) in [6, 6.07) is 9.63. The van der Waals surface area contributed by atoms with Crippen molar-refractivity contribution < 1.29 is 14.3 Å². The molecule has 23 heavy (non-hydrogen) atoms. The van der Waals surface area contributed by atoms with Crippen LogP contribution < -0.4 is 9.47 Å². The lowest BCUT2D eigenvalue weighted by molar-refractivity contribution is -0.133. The molecule has 0 atom stereocenters. The van der Waals surface area contributed by atoms with E-state index in [0.29, 0.717) is 21.2 Å². The standard InChI is InChI=1S/C16H10Cl3NO3/c1-22-14-6-10(8-20)5-13(19)16(14)23-15(21)7-9-2-3-11(17)12(18)4-9/h2-6H,7H2,1H3. The Morgan fingerprint density at radius 3 is 2.48 bits per heavy atom. The van der Waals surface area contributed by atoms with Crippen LogP contribution >= 0.6 is 34.8 Å². The van der Waals surface area contributed by atoms with Crippen molar-refractivity contribution in [2.24, 2.45) is 0 Å². The van der Waals surface area contributed by atoms with E-state index in [1.165, 1.54) is 19.2 Å². The van der Waals surface area contributed by atoms with Crippen LogP contribution in [0, 0.1) is 11.3 Å². The van der Waals surface area contributed by atoms with Gasteiger partial charge in [0.15, 0.2) is 11.5 Å². The molecule has 2 rings (SSSR count). The molecule has 0 amide bonds. The summed E-state index contributed by atoms with van der Waals surface area (Å²) in [4.78, 5) is 12.1. The molecule has 0 saturated carbocycles. The Hall–Kier alpha value is -1.93. The van der Waals surface area contributed by atoms with Crippen molar-refractivity contribution >= 4 is 40.8 Å². The molecule has 0 spiro atoms. The molecule has 0 aromatic heterocycles. The third-order valence-electron chi connectivity index (χ3n) is 2.91. The number of rotatable bonds is 4. The predicted molar refractivity (Wildman–Crippen MR) is 88.5 cm³/mol. The van der Waals surface area contributed by atoms with Gasteiger partial charge in [-0.2, -0.15) is 5.26 Å². The van der Waals surface area contributed by atoms with E-state index in [1.807, 2.05) is 6.07 Å². The molecule has 2 aromatic rings. The average Bonchev–Trinajstić information content (AvgIpc) is 2.52. The molecule has 4 nitrogen and oxygen atoms in total. The van der Waals surface area contributed by atoms with E-state index < -0.39 is 5.97 Å². The first-order chi connectivity index (χ1) is 10.9. The van der Waals surface area contributed by atoms with Crippen LogP contribution in [0.4, 0.5) is 0 Å². The van der Waals surface area contributed by atoms with Gasteiger partial charge < -0.3 is 9.47 Å². The van der Waals surface area contributed by atoms with E-state index in [0.717, 1.165) is 0 Å². The van der Waals surface area contributed by atoms with E-state index in [9.17, 15) is 4.79 Å². The monoisotopic (exact) mass is 369 g/mol. The first-order valence-corrected chi connectivity index (χ1v) is 7.50. The number of hydrogen-bond donors (Lipinski definition) is 0. The van der Waals surface area contributed by atoms with Gasteiger partial charge in [-0.1, -0.05) is 40.9 Å². The number of nitriles is 1. The topological polar surface area (TPSA) is 59.3 Å². The second-order valence-electron chi connectivity index (χ2n) is 4.50. The first kappa shape index (κ1) is 17.4. The number of esters is 1. The summed E-state index contributed by atoms with van der Waals surface area (Å²) in [6.45, 7) is 0. The van der Waals surface area contributed by atoms with E-state index in [1.54, 1.807) is 18.2 Å². The lowest BCUT2D eigenvalue weighted by Gasteiger charge is -2.11. The molecular weight excluding hydrogens is 361 g/mol. The second-order valence-corrected chi connectivity index (χ2v) is 5.72. The van der Waals surface area contributed by atoms with Crippen LogP contribution in [0.15, 0.2) is 30.3 Å². The second kappa shape index (κ2) is 7.56. The highest BCUT2D eigenvalue weighted by atomic mass is 35.5. The number of nitrogens with zero attached hydrogens (tertiary/aromatic N) is 1. The van der Waals surface area contributed by atoms with Crippen LogP contribution in [0.2, 0.25) is 15.1 Å². The maximum atomic E-state index is 12.1. The molecule has 0 bridgehead atoms. The molecule has 0 heterocycles. The number of carbonyl (C=O) groups excluding carboxylic acids is 1. The maximum Gasteiger partial charge on any atom is 0.315 e. The van der Waals surface area contributed by atoms with Gasteiger partial charge in [-0.15, -0.1) is 0 Å². The third-order valence-corrected chi connectivity index (χ3v) is 3.93. The van der Waals surface area contributed by atoms with Crippen molar-refractivity contribution in [2.75, 3.05) is 7.11 Å². The zero-order valence-electron chi connectivity index (χ0n) is 11.9. The molecule has 0 aliphatic rings. The summed E-state index contributed by atoms with van der Waals surface area (Å²) in [5.74, 6) is -0.275. The fourth-order valence-electron chi connectivity index (χ4n) is 1.85. The SMILES string of the molecule is COc1cc(C#N)cc(Cl)c1OC(=O)Cc1ccc(Cl)c(Cl)c1. The van der Waals surface area contributed by atoms with Gasteiger partial charge in [0.05, 0.1) is 40.2 Å². The van der Waals surface area contributed by atoms with E-state index in [2.05, 4.69) is 0 Å². The van der Waals surface area contributed by atoms with Crippen molar-refractivity contribution in [3.8, 4) is 17.6 Å². The summed E-state index contributed by atoms with van der Waals surface area (Å²) < 4.78 is 10.4. The Morgan fingerprint density at radius 2 is 1.87 bits per heavy atom. The Kier molecular flexibility index (Phi) is 5.73. The van der Waals surface area contributed by atoms with Crippen molar-refractivity contribution in [1.82, 2.24) is 0 Å². The number of methoxy groups -OCH3 is 1. The summed E-state index contributed by atoms with van der Waals surface area (Å²) in [7, 11) is 1.39. The lowest BCUT2D eigenvalue weighted by Crippen LogP contribution is -2.12. The fraction of sp³-hybridized carbons (Fsp3) is 0.125. The minimum absolute atomic E-state index is 0.0175. The highest BCUT2D eigenvalue weighted by molar-refractivity contribution is 6.42. The van der Waals surface area contributed by atoms with Crippen molar-refractivity contribution in [3.05, 3.63) is 56.5 Å². The van der Waals surface area contributed by atoms with Gasteiger partial charge in [0.2, 0.25) is 0 Å². The van der Waals surface area contributed by atoms with Gasteiger partial charge in [-0.3, -0.25) is 4.79 Å². The zero-order valence-corrected chi connectivity index (χ0v) is 14.2. The molecule has 0 saturated heterocycles. The molecule has 0 aliphatic carbocycles. The summed E-state index contributed by atoms with van der Waals surface area (Å²) in [5.41, 5.74) is 0.948. The Bertz CT molecular complexity index is 800. The van der Waals surface area contributed by atoms with Crippen LogP contribution in [0.3, 0.4) is 0 Å². The van der Waals surface area contributed by atoms with Gasteiger partial charge in [0.25, 0.3) is 0 Å². The summed E-state index contributed by atoms with van der Waals surface area (Å²) in [5, 5.41) is 9.77. The van der Waals surface area contributed by atoms with E-state index in [-0.39, 0.29) is 22.9 Å². The quantitative estimate of drug-likeness (QED) is 0.579. The van der Waals surface area contributed by atoms with Crippen molar-refractivity contribution in [1.29, 1.82) is 5.26 Å². The van der Waals surface area contributed by atoms with Gasteiger partial charge in [0, 0.05) is 6.07 Å². The van der Waals surface area contributed by atoms with Gasteiger partial charge in [-0.05, 0) is 23.8 Å². The molecule has 118 valence electrons. The van der Waals surface area contributed by atoms with Gasteiger partial charge >= 0.3 is 5.97 Å². The number of carbonyl (C=O) groups is 1. The van der Waals surface area contributed by atoms with E-state index >= 15 is 0 Å². The average molecular weight is 371 g/mol. The Balaban J connectivity index is 2.20. The molecular formula is C16H10Cl3NO3. The van der Waals surface area contributed by atoms with Crippen LogP contribution in [-0.4, -0.2) is 13.1 Å².